The summed E-state index contributed by atoms with van der Waals surface area (Å²) in [5, 5.41) is 22.5. The normalized spacial score (nSPS) is 11.5. The SMILES string of the molecule is CNC(=O)Nc1ccc(N=Nc2cccc(S(=O)(=O)OC)c2)cc1CO. The van der Waals surface area contributed by atoms with Gasteiger partial charge in [0.05, 0.1) is 30.0 Å². The third-order valence-corrected chi connectivity index (χ3v) is 4.61. The first kappa shape index (κ1) is 19.5. The van der Waals surface area contributed by atoms with Crippen LogP contribution in [-0.2, 0) is 20.9 Å². The maximum Gasteiger partial charge on any atom is 0.318 e. The molecule has 2 aromatic rings. The summed E-state index contributed by atoms with van der Waals surface area (Å²) in [5.74, 6) is 0. The van der Waals surface area contributed by atoms with Gasteiger partial charge in [-0.25, -0.2) is 4.79 Å². The molecule has 0 aliphatic rings. The number of anilines is 1. The van der Waals surface area contributed by atoms with E-state index in [-0.39, 0.29) is 11.5 Å². The predicted octanol–water partition coefficient (Wildman–Crippen LogP) is 2.68. The number of benzene rings is 2. The van der Waals surface area contributed by atoms with Gasteiger partial charge in [0.2, 0.25) is 0 Å². The molecule has 2 aromatic carbocycles. The number of carbonyl (C=O) groups is 1. The highest BCUT2D eigenvalue weighted by atomic mass is 32.2. The molecule has 0 fully saturated rings. The highest BCUT2D eigenvalue weighted by molar-refractivity contribution is 7.86. The molecular weight excluding hydrogens is 360 g/mol. The number of rotatable bonds is 6. The highest BCUT2D eigenvalue weighted by Gasteiger charge is 2.13. The number of aliphatic hydroxyl groups is 1. The van der Waals surface area contributed by atoms with Crippen LogP contribution in [0.1, 0.15) is 5.56 Å². The fourth-order valence-corrected chi connectivity index (χ4v) is 2.70. The van der Waals surface area contributed by atoms with Crippen LogP contribution in [0.15, 0.2) is 57.6 Å². The number of nitrogens with one attached hydrogen (secondary N) is 2. The van der Waals surface area contributed by atoms with Crippen molar-refractivity contribution >= 4 is 33.2 Å². The van der Waals surface area contributed by atoms with Crippen LogP contribution in [-0.4, -0.2) is 33.7 Å². The van der Waals surface area contributed by atoms with E-state index >= 15 is 0 Å². The molecule has 10 heteroatoms. The molecule has 9 nitrogen and oxygen atoms in total. The van der Waals surface area contributed by atoms with Gasteiger partial charge in [0.25, 0.3) is 10.1 Å². The van der Waals surface area contributed by atoms with Crippen molar-refractivity contribution in [1.29, 1.82) is 0 Å². The maximum atomic E-state index is 11.7. The summed E-state index contributed by atoms with van der Waals surface area (Å²) in [6, 6.07) is 10.2. The summed E-state index contributed by atoms with van der Waals surface area (Å²) in [5.41, 5.74) is 1.65. The van der Waals surface area contributed by atoms with Crippen LogP contribution in [0.3, 0.4) is 0 Å². The monoisotopic (exact) mass is 378 g/mol. The molecule has 138 valence electrons. The van der Waals surface area contributed by atoms with Crippen LogP contribution in [0.5, 0.6) is 0 Å². The zero-order valence-electron chi connectivity index (χ0n) is 14.1. The molecule has 3 N–H and O–H groups in total. The fourth-order valence-electron chi connectivity index (χ4n) is 1.99. The third-order valence-electron chi connectivity index (χ3n) is 3.34. The lowest BCUT2D eigenvalue weighted by atomic mass is 10.1. The van der Waals surface area contributed by atoms with Gasteiger partial charge in [-0.2, -0.15) is 18.6 Å². The zero-order chi connectivity index (χ0) is 19.2. The summed E-state index contributed by atoms with van der Waals surface area (Å²) < 4.78 is 27.9. The van der Waals surface area contributed by atoms with Gasteiger partial charge in [-0.15, -0.1) is 0 Å². The standard InChI is InChI=1S/C16H18N4O5S/c1-17-16(22)18-15-7-6-13(8-11(15)10-21)20-19-12-4-3-5-14(9-12)26(23,24)25-2/h3-9,21H,10H2,1-2H3,(H2,17,18,22). The van der Waals surface area contributed by atoms with Gasteiger partial charge in [-0.3, -0.25) is 4.18 Å². The smallest absolute Gasteiger partial charge is 0.318 e. The summed E-state index contributed by atoms with van der Waals surface area (Å²) in [4.78, 5) is 11.3. The van der Waals surface area contributed by atoms with Crippen LogP contribution >= 0.6 is 0 Å². The van der Waals surface area contributed by atoms with E-state index in [9.17, 15) is 18.3 Å². The van der Waals surface area contributed by atoms with Crippen molar-refractivity contribution in [3.63, 3.8) is 0 Å². The number of azo groups is 1. The number of nitrogens with zero attached hydrogens (tertiary/aromatic N) is 2. The minimum Gasteiger partial charge on any atom is -0.392 e. The Hall–Kier alpha value is -2.82. The van der Waals surface area contributed by atoms with Crippen molar-refractivity contribution < 1.29 is 22.5 Å². The quantitative estimate of drug-likeness (QED) is 0.526. The largest absolute Gasteiger partial charge is 0.392 e. The van der Waals surface area contributed by atoms with Gasteiger partial charge < -0.3 is 15.7 Å². The number of aliphatic hydroxyl groups excluding tert-OH is 1. The van der Waals surface area contributed by atoms with Crippen LogP contribution in [0.25, 0.3) is 0 Å². The van der Waals surface area contributed by atoms with Gasteiger partial charge in [-0.1, -0.05) is 6.07 Å². The first-order valence-corrected chi connectivity index (χ1v) is 8.85. The number of carbonyl (C=O) groups excluding carboxylic acids is 1. The van der Waals surface area contributed by atoms with E-state index in [4.69, 9.17) is 0 Å². The van der Waals surface area contributed by atoms with Crippen LogP contribution in [0.2, 0.25) is 0 Å². The molecule has 0 aliphatic heterocycles. The van der Waals surface area contributed by atoms with E-state index in [0.29, 0.717) is 22.6 Å². The van der Waals surface area contributed by atoms with Crippen molar-refractivity contribution in [3.8, 4) is 0 Å². The Labute approximate surface area is 150 Å². The Balaban J connectivity index is 2.26. The summed E-state index contributed by atoms with van der Waals surface area (Å²) in [6.45, 7) is -0.301. The molecule has 26 heavy (non-hydrogen) atoms. The molecule has 0 atom stereocenters. The summed E-state index contributed by atoms with van der Waals surface area (Å²) in [6.07, 6.45) is 0. The number of hydrogen-bond acceptors (Lipinski definition) is 7. The molecule has 2 rings (SSSR count). The first-order valence-electron chi connectivity index (χ1n) is 7.44. The molecule has 0 saturated carbocycles. The Morgan fingerprint density at radius 1 is 1.15 bits per heavy atom. The van der Waals surface area contributed by atoms with Crippen molar-refractivity contribution in [2.75, 3.05) is 19.5 Å². The van der Waals surface area contributed by atoms with E-state index in [2.05, 4.69) is 25.0 Å². The van der Waals surface area contributed by atoms with Gasteiger partial charge in [0.1, 0.15) is 0 Å². The zero-order valence-corrected chi connectivity index (χ0v) is 14.9. The molecule has 0 spiro atoms. The summed E-state index contributed by atoms with van der Waals surface area (Å²) in [7, 11) is -1.26. The Kier molecular flexibility index (Phi) is 6.39. The average molecular weight is 378 g/mol. The Morgan fingerprint density at radius 2 is 1.85 bits per heavy atom. The Morgan fingerprint density at radius 3 is 2.46 bits per heavy atom. The molecule has 0 unspecified atom stereocenters. The average Bonchev–Trinajstić information content (AvgIpc) is 2.67. The second-order valence-corrected chi connectivity index (χ2v) is 6.73. The highest BCUT2D eigenvalue weighted by Crippen LogP contribution is 2.26. The van der Waals surface area contributed by atoms with E-state index in [1.165, 1.54) is 25.2 Å². The van der Waals surface area contributed by atoms with E-state index in [1.807, 2.05) is 0 Å². The van der Waals surface area contributed by atoms with Gasteiger partial charge in [0, 0.05) is 18.3 Å². The third kappa shape index (κ3) is 4.85. The first-order chi connectivity index (χ1) is 12.4. The van der Waals surface area contributed by atoms with E-state index < -0.39 is 16.1 Å². The molecule has 0 saturated heterocycles. The van der Waals surface area contributed by atoms with Crippen LogP contribution in [0.4, 0.5) is 21.9 Å². The van der Waals surface area contributed by atoms with Crippen LogP contribution in [0, 0.1) is 0 Å². The Bertz CT molecular complexity index is 928. The number of hydrogen-bond donors (Lipinski definition) is 3. The van der Waals surface area contributed by atoms with Crippen molar-refractivity contribution in [1.82, 2.24) is 5.32 Å². The van der Waals surface area contributed by atoms with Gasteiger partial charge >= 0.3 is 6.03 Å². The molecule has 0 bridgehead atoms. The second-order valence-electron chi connectivity index (χ2n) is 5.02. The van der Waals surface area contributed by atoms with Crippen LogP contribution < -0.4 is 10.6 Å². The molecule has 0 aliphatic carbocycles. The lowest BCUT2D eigenvalue weighted by Gasteiger charge is -2.09. The molecule has 2 amide bonds. The van der Waals surface area contributed by atoms with Crippen molar-refractivity contribution in [3.05, 3.63) is 48.0 Å². The summed E-state index contributed by atoms with van der Waals surface area (Å²) >= 11 is 0. The lowest BCUT2D eigenvalue weighted by Crippen LogP contribution is -2.25. The van der Waals surface area contributed by atoms with Crippen molar-refractivity contribution in [2.24, 2.45) is 10.2 Å². The van der Waals surface area contributed by atoms with Gasteiger partial charge in [0.15, 0.2) is 0 Å². The number of amides is 2. The molecule has 0 radical (unpaired) electrons. The molecule has 0 heterocycles. The van der Waals surface area contributed by atoms with E-state index in [1.54, 1.807) is 24.3 Å². The predicted molar refractivity (Wildman–Crippen MR) is 95.3 cm³/mol. The molecule has 0 aromatic heterocycles. The topological polar surface area (TPSA) is 129 Å². The fraction of sp³-hybridized carbons (Fsp3) is 0.188. The van der Waals surface area contributed by atoms with Crippen molar-refractivity contribution in [2.45, 2.75) is 11.5 Å². The lowest BCUT2D eigenvalue weighted by molar-refractivity contribution is 0.253. The molecular formula is C16H18N4O5S. The minimum absolute atomic E-state index is 0.0300. The number of urea groups is 1. The van der Waals surface area contributed by atoms with E-state index in [0.717, 1.165) is 7.11 Å². The van der Waals surface area contributed by atoms with Gasteiger partial charge in [-0.05, 0) is 36.4 Å². The maximum absolute atomic E-state index is 11.7. The second kappa shape index (κ2) is 8.52. The minimum atomic E-state index is -3.81.